The molecule has 3 fully saturated rings. The zero-order valence-corrected chi connectivity index (χ0v) is 14.2. The van der Waals surface area contributed by atoms with E-state index < -0.39 is 0 Å². The van der Waals surface area contributed by atoms with Gasteiger partial charge in [-0.15, -0.1) is 0 Å². The van der Waals surface area contributed by atoms with E-state index in [1.165, 1.54) is 83.7 Å². The highest BCUT2D eigenvalue weighted by Gasteiger charge is 2.35. The molecule has 0 amide bonds. The van der Waals surface area contributed by atoms with Crippen LogP contribution in [-0.2, 0) is 0 Å². The lowest BCUT2D eigenvalue weighted by Gasteiger charge is -2.46. The summed E-state index contributed by atoms with van der Waals surface area (Å²) in [6.07, 6.45) is 16.3. The normalized spacial score (nSPS) is 33.6. The minimum absolute atomic E-state index is 0.760. The van der Waals surface area contributed by atoms with Gasteiger partial charge in [0.2, 0.25) is 0 Å². The van der Waals surface area contributed by atoms with Crippen molar-refractivity contribution in [2.24, 2.45) is 11.8 Å². The minimum Gasteiger partial charge on any atom is -0.313 e. The standard InChI is InChI=1S/C19H36N2/c1-2-20-18(16-9-4-3-5-10-16)15-21-14-8-12-17-11-6-7-13-19(17)21/h16-20H,2-15H2,1H3. The van der Waals surface area contributed by atoms with Crippen LogP contribution in [0, 0.1) is 11.8 Å². The Morgan fingerprint density at radius 3 is 2.43 bits per heavy atom. The summed E-state index contributed by atoms with van der Waals surface area (Å²) in [5, 5.41) is 3.85. The molecule has 1 aliphatic heterocycles. The molecule has 1 N–H and O–H groups in total. The van der Waals surface area contributed by atoms with Crippen LogP contribution >= 0.6 is 0 Å². The second kappa shape index (κ2) is 7.97. The van der Waals surface area contributed by atoms with Gasteiger partial charge in [-0.2, -0.15) is 0 Å². The van der Waals surface area contributed by atoms with Crippen molar-refractivity contribution in [2.75, 3.05) is 19.6 Å². The topological polar surface area (TPSA) is 15.3 Å². The molecule has 3 atom stereocenters. The lowest BCUT2D eigenvalue weighted by Crippen LogP contribution is -2.53. The predicted molar refractivity (Wildman–Crippen MR) is 90.6 cm³/mol. The van der Waals surface area contributed by atoms with Crippen molar-refractivity contribution < 1.29 is 0 Å². The van der Waals surface area contributed by atoms with Gasteiger partial charge >= 0.3 is 0 Å². The SMILES string of the molecule is CCNC(CN1CCCC2CCCCC21)C1CCCCC1. The molecule has 1 saturated heterocycles. The third-order valence-corrected chi connectivity index (χ3v) is 6.47. The number of likely N-dealkylation sites (tertiary alicyclic amines) is 1. The van der Waals surface area contributed by atoms with Crippen molar-refractivity contribution >= 4 is 0 Å². The molecule has 1 heterocycles. The van der Waals surface area contributed by atoms with Gasteiger partial charge in [0.25, 0.3) is 0 Å². The average molecular weight is 293 g/mol. The first kappa shape index (κ1) is 15.8. The van der Waals surface area contributed by atoms with Gasteiger partial charge in [-0.3, -0.25) is 4.90 Å². The van der Waals surface area contributed by atoms with Crippen LogP contribution in [0.25, 0.3) is 0 Å². The molecular formula is C19H36N2. The maximum atomic E-state index is 3.85. The van der Waals surface area contributed by atoms with Gasteiger partial charge in [-0.1, -0.05) is 39.0 Å². The first-order valence-corrected chi connectivity index (χ1v) is 9.86. The Labute approximate surface area is 132 Å². The largest absolute Gasteiger partial charge is 0.313 e. The fraction of sp³-hybridized carbons (Fsp3) is 1.00. The number of piperidine rings is 1. The fourth-order valence-corrected chi connectivity index (χ4v) is 5.39. The highest BCUT2D eigenvalue weighted by Crippen LogP contribution is 2.36. The van der Waals surface area contributed by atoms with Crippen LogP contribution in [-0.4, -0.2) is 36.6 Å². The molecule has 3 aliphatic rings. The molecule has 0 aromatic heterocycles. The van der Waals surface area contributed by atoms with Gasteiger partial charge in [0, 0.05) is 18.6 Å². The second-order valence-electron chi connectivity index (χ2n) is 7.81. The minimum atomic E-state index is 0.760. The molecule has 21 heavy (non-hydrogen) atoms. The molecule has 2 aliphatic carbocycles. The molecule has 0 spiro atoms. The summed E-state index contributed by atoms with van der Waals surface area (Å²) in [7, 11) is 0. The summed E-state index contributed by atoms with van der Waals surface area (Å²) >= 11 is 0. The summed E-state index contributed by atoms with van der Waals surface area (Å²) in [4.78, 5) is 2.90. The molecule has 3 unspecified atom stereocenters. The smallest absolute Gasteiger partial charge is 0.0223 e. The van der Waals surface area contributed by atoms with E-state index in [0.29, 0.717) is 0 Å². The Balaban J connectivity index is 1.60. The lowest BCUT2D eigenvalue weighted by atomic mass is 9.77. The second-order valence-corrected chi connectivity index (χ2v) is 7.81. The lowest BCUT2D eigenvalue weighted by molar-refractivity contribution is 0.0439. The van der Waals surface area contributed by atoms with Crippen molar-refractivity contribution in [1.29, 1.82) is 0 Å². The van der Waals surface area contributed by atoms with Gasteiger partial charge in [-0.05, 0) is 63.5 Å². The Hall–Kier alpha value is -0.0800. The Morgan fingerprint density at radius 1 is 0.905 bits per heavy atom. The average Bonchev–Trinajstić information content (AvgIpc) is 2.55. The van der Waals surface area contributed by atoms with E-state index in [1.807, 2.05) is 0 Å². The highest BCUT2D eigenvalue weighted by atomic mass is 15.2. The highest BCUT2D eigenvalue weighted by molar-refractivity contribution is 4.91. The number of hydrogen-bond acceptors (Lipinski definition) is 2. The Bertz CT molecular complexity index is 294. The van der Waals surface area contributed by atoms with Gasteiger partial charge in [0.05, 0.1) is 0 Å². The van der Waals surface area contributed by atoms with Gasteiger partial charge in [0.1, 0.15) is 0 Å². The van der Waals surface area contributed by atoms with E-state index in [9.17, 15) is 0 Å². The third kappa shape index (κ3) is 4.01. The van der Waals surface area contributed by atoms with Crippen LogP contribution in [0.1, 0.15) is 77.6 Å². The van der Waals surface area contributed by atoms with Crippen molar-refractivity contribution in [1.82, 2.24) is 10.2 Å². The van der Waals surface area contributed by atoms with E-state index in [2.05, 4.69) is 17.1 Å². The molecule has 2 nitrogen and oxygen atoms in total. The molecular weight excluding hydrogens is 256 g/mol. The summed E-state index contributed by atoms with van der Waals surface area (Å²) in [6.45, 7) is 6.13. The summed E-state index contributed by atoms with van der Waals surface area (Å²) in [5.41, 5.74) is 0. The van der Waals surface area contributed by atoms with Crippen LogP contribution in [0.4, 0.5) is 0 Å². The monoisotopic (exact) mass is 292 g/mol. The molecule has 0 radical (unpaired) electrons. The van der Waals surface area contributed by atoms with E-state index in [0.717, 1.165) is 30.5 Å². The molecule has 2 saturated carbocycles. The van der Waals surface area contributed by atoms with Crippen molar-refractivity contribution in [3.8, 4) is 0 Å². The molecule has 2 heteroatoms. The van der Waals surface area contributed by atoms with Crippen LogP contribution in [0.15, 0.2) is 0 Å². The quantitative estimate of drug-likeness (QED) is 0.817. The van der Waals surface area contributed by atoms with Gasteiger partial charge in [-0.25, -0.2) is 0 Å². The Morgan fingerprint density at radius 2 is 1.62 bits per heavy atom. The fourth-order valence-electron chi connectivity index (χ4n) is 5.39. The molecule has 0 bridgehead atoms. The van der Waals surface area contributed by atoms with Crippen molar-refractivity contribution in [3.05, 3.63) is 0 Å². The summed E-state index contributed by atoms with van der Waals surface area (Å²) in [5.74, 6) is 1.98. The maximum absolute atomic E-state index is 3.85. The molecule has 122 valence electrons. The van der Waals surface area contributed by atoms with E-state index in [-0.39, 0.29) is 0 Å². The maximum Gasteiger partial charge on any atom is 0.0223 e. The van der Waals surface area contributed by atoms with Crippen LogP contribution < -0.4 is 5.32 Å². The molecule has 3 rings (SSSR count). The number of rotatable bonds is 5. The number of likely N-dealkylation sites (N-methyl/N-ethyl adjacent to an activating group) is 1. The van der Waals surface area contributed by atoms with Gasteiger partial charge < -0.3 is 5.32 Å². The number of hydrogen-bond donors (Lipinski definition) is 1. The first-order valence-electron chi connectivity index (χ1n) is 9.86. The van der Waals surface area contributed by atoms with E-state index in [4.69, 9.17) is 0 Å². The molecule has 0 aromatic carbocycles. The van der Waals surface area contributed by atoms with E-state index in [1.54, 1.807) is 0 Å². The number of nitrogens with zero attached hydrogens (tertiary/aromatic N) is 1. The third-order valence-electron chi connectivity index (χ3n) is 6.47. The van der Waals surface area contributed by atoms with Crippen LogP contribution in [0.5, 0.6) is 0 Å². The molecule has 0 aromatic rings. The number of fused-ring (bicyclic) bond motifs is 1. The first-order chi connectivity index (χ1) is 10.4. The van der Waals surface area contributed by atoms with Gasteiger partial charge in [0.15, 0.2) is 0 Å². The van der Waals surface area contributed by atoms with Crippen molar-refractivity contribution in [3.63, 3.8) is 0 Å². The van der Waals surface area contributed by atoms with E-state index >= 15 is 0 Å². The predicted octanol–water partition coefficient (Wildman–Crippen LogP) is 4.20. The zero-order valence-electron chi connectivity index (χ0n) is 14.2. The Kier molecular flexibility index (Phi) is 5.99. The summed E-state index contributed by atoms with van der Waals surface area (Å²) < 4.78 is 0. The van der Waals surface area contributed by atoms with Crippen molar-refractivity contribution in [2.45, 2.75) is 89.6 Å². The van der Waals surface area contributed by atoms with Crippen LogP contribution in [0.3, 0.4) is 0 Å². The van der Waals surface area contributed by atoms with Crippen LogP contribution in [0.2, 0.25) is 0 Å². The number of nitrogens with one attached hydrogen (secondary N) is 1. The zero-order chi connectivity index (χ0) is 14.5. The summed E-state index contributed by atoms with van der Waals surface area (Å²) in [6, 6.07) is 1.69.